The molecule has 1 saturated carbocycles. The molecule has 0 aromatic rings. The molecule has 3 nitrogen and oxygen atoms in total. The van der Waals surface area contributed by atoms with E-state index in [0.29, 0.717) is 6.04 Å². The van der Waals surface area contributed by atoms with E-state index < -0.39 is 0 Å². The molecule has 2 unspecified atom stereocenters. The smallest absolute Gasteiger partial charge is 0.0223 e. The van der Waals surface area contributed by atoms with Crippen molar-refractivity contribution in [3.05, 3.63) is 0 Å². The van der Waals surface area contributed by atoms with Crippen molar-refractivity contribution >= 4 is 0 Å². The van der Waals surface area contributed by atoms with Crippen LogP contribution in [0.3, 0.4) is 0 Å². The van der Waals surface area contributed by atoms with E-state index in [1.807, 2.05) is 0 Å². The second kappa shape index (κ2) is 6.88. The van der Waals surface area contributed by atoms with Gasteiger partial charge in [0.05, 0.1) is 0 Å². The summed E-state index contributed by atoms with van der Waals surface area (Å²) in [6.07, 6.45) is 8.26. The van der Waals surface area contributed by atoms with Crippen LogP contribution in [-0.4, -0.2) is 55.1 Å². The van der Waals surface area contributed by atoms with E-state index in [-0.39, 0.29) is 0 Å². The molecule has 1 saturated heterocycles. The molecule has 0 radical (unpaired) electrons. The van der Waals surface area contributed by atoms with Crippen LogP contribution in [0.4, 0.5) is 0 Å². The van der Waals surface area contributed by atoms with Crippen molar-refractivity contribution in [2.45, 2.75) is 57.5 Å². The van der Waals surface area contributed by atoms with Gasteiger partial charge in [-0.25, -0.2) is 0 Å². The molecule has 0 aromatic carbocycles. The first-order valence-corrected chi connectivity index (χ1v) is 7.89. The first-order valence-electron chi connectivity index (χ1n) is 7.89. The Hall–Kier alpha value is -0.120. The monoisotopic (exact) mass is 253 g/mol. The topological polar surface area (TPSA) is 32.5 Å². The molecule has 3 heteroatoms. The standard InChI is InChI=1S/C15H31N3/c1-3-18-10-6-9-14(18)11-17(2)12-15(16)13-7-4-5-8-13/h13-15H,3-12,16H2,1-2H3. The SMILES string of the molecule is CCN1CCCC1CN(C)CC(N)C1CCCC1. The first-order chi connectivity index (χ1) is 8.70. The first kappa shape index (κ1) is 14.3. The normalized spacial score (nSPS) is 28.3. The van der Waals surface area contributed by atoms with Gasteiger partial charge in [-0.3, -0.25) is 4.90 Å². The zero-order chi connectivity index (χ0) is 13.0. The summed E-state index contributed by atoms with van der Waals surface area (Å²) in [4.78, 5) is 5.10. The third-order valence-electron chi connectivity index (χ3n) is 4.96. The van der Waals surface area contributed by atoms with Gasteiger partial charge in [0.25, 0.3) is 0 Å². The van der Waals surface area contributed by atoms with Gasteiger partial charge in [0.15, 0.2) is 0 Å². The molecule has 0 spiro atoms. The van der Waals surface area contributed by atoms with Crippen molar-refractivity contribution in [1.29, 1.82) is 0 Å². The third kappa shape index (κ3) is 3.69. The maximum absolute atomic E-state index is 6.37. The van der Waals surface area contributed by atoms with Crippen molar-refractivity contribution < 1.29 is 0 Å². The molecule has 1 aliphatic carbocycles. The largest absolute Gasteiger partial charge is 0.326 e. The lowest BCUT2D eigenvalue weighted by Gasteiger charge is -2.30. The predicted octanol–water partition coefficient (Wildman–Crippen LogP) is 1.92. The Labute approximate surface area is 113 Å². The van der Waals surface area contributed by atoms with Crippen LogP contribution in [0.25, 0.3) is 0 Å². The van der Waals surface area contributed by atoms with Crippen LogP contribution in [-0.2, 0) is 0 Å². The van der Waals surface area contributed by atoms with Crippen molar-refractivity contribution in [2.75, 3.05) is 33.2 Å². The average molecular weight is 253 g/mol. The highest BCUT2D eigenvalue weighted by Gasteiger charge is 2.26. The minimum Gasteiger partial charge on any atom is -0.326 e. The molecular formula is C15H31N3. The number of likely N-dealkylation sites (N-methyl/N-ethyl adjacent to an activating group) is 2. The molecule has 2 atom stereocenters. The summed E-state index contributed by atoms with van der Waals surface area (Å²) in [6.45, 7) is 7.06. The van der Waals surface area contributed by atoms with Gasteiger partial charge in [-0.1, -0.05) is 19.8 Å². The second-order valence-electron chi connectivity index (χ2n) is 6.35. The average Bonchev–Trinajstić information content (AvgIpc) is 2.98. The summed E-state index contributed by atoms with van der Waals surface area (Å²) in [5.74, 6) is 0.790. The molecule has 2 N–H and O–H groups in total. The molecule has 1 aliphatic heterocycles. The summed E-state index contributed by atoms with van der Waals surface area (Å²) in [5.41, 5.74) is 6.37. The highest BCUT2D eigenvalue weighted by atomic mass is 15.2. The molecular weight excluding hydrogens is 222 g/mol. The number of nitrogens with two attached hydrogens (primary N) is 1. The summed E-state index contributed by atoms with van der Waals surface area (Å²) >= 11 is 0. The molecule has 2 aliphatic rings. The van der Waals surface area contributed by atoms with Gasteiger partial charge in [0.2, 0.25) is 0 Å². The third-order valence-corrected chi connectivity index (χ3v) is 4.96. The van der Waals surface area contributed by atoms with Crippen LogP contribution in [0.1, 0.15) is 45.4 Å². The maximum Gasteiger partial charge on any atom is 0.0223 e. The minimum atomic E-state index is 0.397. The predicted molar refractivity (Wildman–Crippen MR) is 77.7 cm³/mol. The van der Waals surface area contributed by atoms with Crippen LogP contribution in [0.15, 0.2) is 0 Å². The van der Waals surface area contributed by atoms with E-state index in [1.165, 1.54) is 58.2 Å². The lowest BCUT2D eigenvalue weighted by Crippen LogP contribution is -2.45. The van der Waals surface area contributed by atoms with Gasteiger partial charge in [0.1, 0.15) is 0 Å². The number of nitrogens with zero attached hydrogens (tertiary/aromatic N) is 2. The van der Waals surface area contributed by atoms with Gasteiger partial charge in [-0.15, -0.1) is 0 Å². The Morgan fingerprint density at radius 2 is 1.94 bits per heavy atom. The number of hydrogen-bond acceptors (Lipinski definition) is 3. The second-order valence-corrected chi connectivity index (χ2v) is 6.35. The highest BCUT2D eigenvalue weighted by molar-refractivity contribution is 4.84. The summed E-state index contributed by atoms with van der Waals surface area (Å²) < 4.78 is 0. The van der Waals surface area contributed by atoms with Crippen molar-refractivity contribution in [3.8, 4) is 0 Å². The van der Waals surface area contributed by atoms with Crippen molar-refractivity contribution in [1.82, 2.24) is 9.80 Å². The van der Waals surface area contributed by atoms with E-state index in [2.05, 4.69) is 23.8 Å². The molecule has 0 aromatic heterocycles. The lowest BCUT2D eigenvalue weighted by atomic mass is 9.98. The van der Waals surface area contributed by atoms with Crippen LogP contribution >= 0.6 is 0 Å². The van der Waals surface area contributed by atoms with E-state index in [1.54, 1.807) is 0 Å². The number of rotatable bonds is 6. The van der Waals surface area contributed by atoms with Crippen LogP contribution in [0.5, 0.6) is 0 Å². The Bertz CT molecular complexity index is 238. The molecule has 0 bridgehead atoms. The zero-order valence-electron chi connectivity index (χ0n) is 12.3. The van der Waals surface area contributed by atoms with Crippen LogP contribution in [0.2, 0.25) is 0 Å². The van der Waals surface area contributed by atoms with Gasteiger partial charge in [0, 0.05) is 25.2 Å². The van der Waals surface area contributed by atoms with E-state index >= 15 is 0 Å². The van der Waals surface area contributed by atoms with Gasteiger partial charge in [-0.2, -0.15) is 0 Å². The van der Waals surface area contributed by atoms with E-state index in [4.69, 9.17) is 5.73 Å². The summed E-state index contributed by atoms with van der Waals surface area (Å²) in [6, 6.07) is 1.17. The Balaban J connectivity index is 1.72. The molecule has 2 rings (SSSR count). The Morgan fingerprint density at radius 1 is 1.22 bits per heavy atom. The van der Waals surface area contributed by atoms with E-state index in [9.17, 15) is 0 Å². The van der Waals surface area contributed by atoms with Gasteiger partial charge in [-0.05, 0) is 51.7 Å². The van der Waals surface area contributed by atoms with Gasteiger partial charge >= 0.3 is 0 Å². The molecule has 1 heterocycles. The Morgan fingerprint density at radius 3 is 2.61 bits per heavy atom. The van der Waals surface area contributed by atoms with Crippen LogP contribution in [0, 0.1) is 5.92 Å². The quantitative estimate of drug-likeness (QED) is 0.785. The minimum absolute atomic E-state index is 0.397. The number of hydrogen-bond donors (Lipinski definition) is 1. The fraction of sp³-hybridized carbons (Fsp3) is 1.00. The zero-order valence-corrected chi connectivity index (χ0v) is 12.3. The summed E-state index contributed by atoms with van der Waals surface area (Å²) in [5, 5.41) is 0. The van der Waals surface area contributed by atoms with E-state index in [0.717, 1.165) is 18.5 Å². The molecule has 106 valence electrons. The van der Waals surface area contributed by atoms with Crippen LogP contribution < -0.4 is 5.73 Å². The van der Waals surface area contributed by atoms with Crippen molar-refractivity contribution in [2.24, 2.45) is 11.7 Å². The number of likely N-dealkylation sites (tertiary alicyclic amines) is 1. The molecule has 18 heavy (non-hydrogen) atoms. The fourth-order valence-corrected chi connectivity index (χ4v) is 3.85. The fourth-order valence-electron chi connectivity index (χ4n) is 3.85. The maximum atomic E-state index is 6.37. The molecule has 2 fully saturated rings. The Kier molecular flexibility index (Phi) is 5.46. The lowest BCUT2D eigenvalue weighted by molar-refractivity contribution is 0.184. The van der Waals surface area contributed by atoms with Gasteiger partial charge < -0.3 is 10.6 Å². The molecule has 0 amide bonds. The highest BCUT2D eigenvalue weighted by Crippen LogP contribution is 2.27. The van der Waals surface area contributed by atoms with Crippen molar-refractivity contribution in [3.63, 3.8) is 0 Å². The summed E-state index contributed by atoms with van der Waals surface area (Å²) in [7, 11) is 2.25.